The third-order valence-corrected chi connectivity index (χ3v) is 7.50. The van der Waals surface area contributed by atoms with E-state index in [1.54, 1.807) is 0 Å². The molecule has 0 aliphatic carbocycles. The highest BCUT2D eigenvalue weighted by Crippen LogP contribution is 2.49. The van der Waals surface area contributed by atoms with Gasteiger partial charge in [0.15, 0.2) is 35.4 Å². The molecule has 11 atom stereocenters. The lowest BCUT2D eigenvalue weighted by molar-refractivity contribution is -0.324. The lowest BCUT2D eigenvalue weighted by Crippen LogP contribution is -2.61. The van der Waals surface area contributed by atoms with E-state index in [9.17, 15) is 56.2 Å². The number of hydrogen-bond acceptors (Lipinski definition) is 16. The second-order valence-electron chi connectivity index (χ2n) is 10.4. The maximum absolute atomic E-state index is 10.7. The van der Waals surface area contributed by atoms with E-state index in [2.05, 4.69) is 0 Å². The van der Waals surface area contributed by atoms with Crippen molar-refractivity contribution in [3.63, 3.8) is 0 Å². The van der Waals surface area contributed by atoms with Gasteiger partial charge in [-0.05, 0) is 25.1 Å². The number of benzene rings is 2. The molecule has 0 amide bonds. The molecule has 3 aliphatic rings. The average Bonchev–Trinajstić information content (AvgIpc) is 2.98. The first-order valence-corrected chi connectivity index (χ1v) is 13.1. The highest BCUT2D eigenvalue weighted by Gasteiger charge is 2.48. The van der Waals surface area contributed by atoms with Crippen molar-refractivity contribution in [3.05, 3.63) is 41.2 Å². The smallest absolute Gasteiger partial charge is 0.228 e. The third kappa shape index (κ3) is 5.72. The van der Waals surface area contributed by atoms with Crippen LogP contribution in [0.4, 0.5) is 0 Å². The van der Waals surface area contributed by atoms with E-state index >= 15 is 0 Å². The Balaban J connectivity index is 1.41. The van der Waals surface area contributed by atoms with E-state index in [0.717, 1.165) is 18.2 Å². The van der Waals surface area contributed by atoms with Crippen LogP contribution in [0.3, 0.4) is 0 Å². The Bertz CT molecular complexity index is 1360. The van der Waals surface area contributed by atoms with Crippen molar-refractivity contribution < 1.29 is 79.9 Å². The fraction of sp³-hybridized carbons (Fsp3) is 0.481. The zero-order valence-electron chi connectivity index (χ0n) is 22.4. The Labute approximate surface area is 243 Å². The van der Waals surface area contributed by atoms with Gasteiger partial charge < -0.3 is 79.9 Å². The molecule has 236 valence electrons. The van der Waals surface area contributed by atoms with Crippen LogP contribution in [0, 0.1) is 0 Å². The first kappa shape index (κ1) is 30.9. The summed E-state index contributed by atoms with van der Waals surface area (Å²) in [4.78, 5) is 0. The molecule has 2 aromatic rings. The molecule has 2 saturated heterocycles. The van der Waals surface area contributed by atoms with Gasteiger partial charge in [0.25, 0.3) is 0 Å². The number of aliphatic hydroxyl groups is 6. The summed E-state index contributed by atoms with van der Waals surface area (Å²) in [5.74, 6) is -3.62. The molecule has 0 aromatic heterocycles. The van der Waals surface area contributed by atoms with Crippen molar-refractivity contribution in [2.75, 3.05) is 6.61 Å². The molecule has 0 bridgehead atoms. The Morgan fingerprint density at radius 1 is 0.698 bits per heavy atom. The SMILES string of the molecule is CC1OC(OCC2OC(OC3=Cc4c(cc(O)c(O)c4O)OC3c3ccc(O)c(O)c3)C(O)C(O)C2O)C(O)C(O)C1O. The van der Waals surface area contributed by atoms with Crippen LogP contribution in [-0.4, -0.2) is 124 Å². The quantitative estimate of drug-likeness (QED) is 0.163. The van der Waals surface area contributed by atoms with Crippen LogP contribution in [0.1, 0.15) is 24.2 Å². The van der Waals surface area contributed by atoms with Gasteiger partial charge in [-0.3, -0.25) is 0 Å². The molecule has 5 rings (SSSR count). The predicted molar refractivity (Wildman–Crippen MR) is 139 cm³/mol. The van der Waals surface area contributed by atoms with Crippen molar-refractivity contribution in [1.82, 2.24) is 0 Å². The van der Waals surface area contributed by atoms with Crippen LogP contribution in [0.15, 0.2) is 30.0 Å². The fourth-order valence-electron chi connectivity index (χ4n) is 4.93. The fourth-order valence-corrected chi connectivity index (χ4v) is 4.93. The van der Waals surface area contributed by atoms with Crippen LogP contribution in [0.25, 0.3) is 6.08 Å². The number of ether oxygens (including phenoxy) is 5. The van der Waals surface area contributed by atoms with Crippen molar-refractivity contribution in [2.45, 2.75) is 74.4 Å². The Hall–Kier alpha value is -3.58. The first-order chi connectivity index (χ1) is 20.3. The van der Waals surface area contributed by atoms with E-state index in [0.29, 0.717) is 0 Å². The number of hydrogen-bond donors (Lipinski definition) is 11. The van der Waals surface area contributed by atoms with Crippen LogP contribution in [0.5, 0.6) is 34.5 Å². The summed E-state index contributed by atoms with van der Waals surface area (Å²) < 4.78 is 28.2. The van der Waals surface area contributed by atoms with Crippen molar-refractivity contribution in [2.24, 2.45) is 0 Å². The molecule has 2 aromatic carbocycles. The summed E-state index contributed by atoms with van der Waals surface area (Å²) in [6, 6.07) is 4.67. The van der Waals surface area contributed by atoms with Crippen LogP contribution >= 0.6 is 0 Å². The zero-order chi connectivity index (χ0) is 31.3. The maximum Gasteiger partial charge on any atom is 0.228 e. The largest absolute Gasteiger partial charge is 0.504 e. The van der Waals surface area contributed by atoms with E-state index in [4.69, 9.17) is 23.7 Å². The number of phenolic OH excluding ortho intramolecular Hbond substituents is 5. The van der Waals surface area contributed by atoms with Gasteiger partial charge in [-0.2, -0.15) is 0 Å². The standard InChI is InChI=1S/C27H32O16/c1-8-17(31)21(35)23(37)26(40-8)39-7-16-20(34)22(36)24(38)27(43-16)42-15-5-10-14(6-13(30)19(33)18(10)32)41-25(15)9-2-3-11(28)12(29)4-9/h2-6,8,16-17,20-38H,7H2,1H3. The minimum Gasteiger partial charge on any atom is -0.504 e. The minimum absolute atomic E-state index is 0.114. The molecule has 3 heterocycles. The van der Waals surface area contributed by atoms with E-state index in [-0.39, 0.29) is 22.6 Å². The van der Waals surface area contributed by atoms with Gasteiger partial charge in [0.1, 0.15) is 54.2 Å². The van der Waals surface area contributed by atoms with Gasteiger partial charge >= 0.3 is 0 Å². The monoisotopic (exact) mass is 612 g/mol. The molecular weight excluding hydrogens is 580 g/mol. The zero-order valence-corrected chi connectivity index (χ0v) is 22.4. The molecule has 43 heavy (non-hydrogen) atoms. The van der Waals surface area contributed by atoms with E-state index in [1.165, 1.54) is 19.1 Å². The Morgan fingerprint density at radius 2 is 1.37 bits per heavy atom. The topological polar surface area (TPSA) is 269 Å². The molecule has 16 nitrogen and oxygen atoms in total. The van der Waals surface area contributed by atoms with Gasteiger partial charge in [-0.1, -0.05) is 6.07 Å². The predicted octanol–water partition coefficient (Wildman–Crippen LogP) is -1.64. The molecule has 3 aliphatic heterocycles. The third-order valence-electron chi connectivity index (χ3n) is 7.50. The summed E-state index contributed by atoms with van der Waals surface area (Å²) in [5.41, 5.74) is 0.0388. The van der Waals surface area contributed by atoms with Crippen molar-refractivity contribution in [1.29, 1.82) is 0 Å². The van der Waals surface area contributed by atoms with Crippen molar-refractivity contribution in [3.8, 4) is 34.5 Å². The molecule has 0 radical (unpaired) electrons. The number of aliphatic hydroxyl groups excluding tert-OH is 6. The van der Waals surface area contributed by atoms with E-state index < -0.39 is 103 Å². The lowest BCUT2D eigenvalue weighted by atomic mass is 9.98. The number of aromatic hydroxyl groups is 5. The average molecular weight is 613 g/mol. The minimum atomic E-state index is -1.86. The highest BCUT2D eigenvalue weighted by atomic mass is 16.7. The summed E-state index contributed by atoms with van der Waals surface area (Å²) >= 11 is 0. The molecule has 11 N–H and O–H groups in total. The van der Waals surface area contributed by atoms with Gasteiger partial charge in [0, 0.05) is 11.6 Å². The van der Waals surface area contributed by atoms with Crippen LogP contribution in [-0.2, 0) is 18.9 Å². The number of fused-ring (bicyclic) bond motifs is 1. The summed E-state index contributed by atoms with van der Waals surface area (Å²) in [6.07, 6.45) is -15.7. The highest BCUT2D eigenvalue weighted by molar-refractivity contribution is 5.74. The van der Waals surface area contributed by atoms with Gasteiger partial charge in [0.05, 0.1) is 18.3 Å². The van der Waals surface area contributed by atoms with Crippen molar-refractivity contribution >= 4 is 6.08 Å². The Kier molecular flexibility index (Phi) is 8.50. The second-order valence-corrected chi connectivity index (χ2v) is 10.4. The first-order valence-electron chi connectivity index (χ1n) is 13.1. The molecule has 16 heteroatoms. The molecule has 0 saturated carbocycles. The van der Waals surface area contributed by atoms with Gasteiger partial charge in [-0.15, -0.1) is 0 Å². The summed E-state index contributed by atoms with van der Waals surface area (Å²) in [6.45, 7) is 0.886. The molecule has 2 fully saturated rings. The van der Waals surface area contributed by atoms with Crippen LogP contribution < -0.4 is 4.74 Å². The molecule has 11 unspecified atom stereocenters. The summed E-state index contributed by atoms with van der Waals surface area (Å²) in [5, 5.41) is 112. The lowest BCUT2D eigenvalue weighted by Gasteiger charge is -2.43. The maximum atomic E-state index is 10.7. The Morgan fingerprint density at radius 3 is 2.07 bits per heavy atom. The number of phenols is 5. The van der Waals surface area contributed by atoms with Crippen LogP contribution in [0.2, 0.25) is 0 Å². The van der Waals surface area contributed by atoms with Gasteiger partial charge in [0.2, 0.25) is 12.0 Å². The van der Waals surface area contributed by atoms with Gasteiger partial charge in [-0.25, -0.2) is 0 Å². The normalized spacial score (nSPS) is 35.9. The number of rotatable bonds is 6. The molecular formula is C27H32O16. The molecule has 0 spiro atoms. The second kappa shape index (κ2) is 11.8. The van der Waals surface area contributed by atoms with E-state index in [1.807, 2.05) is 0 Å². The summed E-state index contributed by atoms with van der Waals surface area (Å²) in [7, 11) is 0.